The van der Waals surface area contributed by atoms with Gasteiger partial charge in [-0.05, 0) is 38.0 Å². The van der Waals surface area contributed by atoms with Crippen LogP contribution in [0.1, 0.15) is 26.2 Å². The summed E-state index contributed by atoms with van der Waals surface area (Å²) in [7, 11) is -3.99. The highest BCUT2D eigenvalue weighted by Gasteiger charge is 2.21. The molecule has 0 amide bonds. The maximum atomic E-state index is 13.6. The van der Waals surface area contributed by atoms with Crippen molar-refractivity contribution < 1.29 is 22.7 Å². The first-order valence-electron chi connectivity index (χ1n) is 5.91. The van der Waals surface area contributed by atoms with Crippen LogP contribution in [0.15, 0.2) is 23.1 Å². The van der Waals surface area contributed by atoms with Crippen molar-refractivity contribution in [2.75, 3.05) is 0 Å². The first-order chi connectivity index (χ1) is 9.22. The molecule has 0 aliphatic heterocycles. The van der Waals surface area contributed by atoms with Crippen molar-refractivity contribution in [2.24, 2.45) is 0 Å². The minimum atomic E-state index is -3.99. The lowest BCUT2D eigenvalue weighted by atomic mass is 10.1. The predicted molar refractivity (Wildman–Crippen MR) is 72.7 cm³/mol. The average molecular weight is 324 g/mol. The Labute approximate surface area is 121 Å². The van der Waals surface area contributed by atoms with Crippen LogP contribution in [0.5, 0.6) is 0 Å². The van der Waals surface area contributed by atoms with Gasteiger partial charge in [-0.1, -0.05) is 11.6 Å². The molecular formula is C12H15ClFNO4S. The van der Waals surface area contributed by atoms with Crippen LogP contribution in [0.2, 0.25) is 5.02 Å². The number of aliphatic carboxylic acids is 1. The van der Waals surface area contributed by atoms with Crippen molar-refractivity contribution in [3.05, 3.63) is 29.0 Å². The van der Waals surface area contributed by atoms with Gasteiger partial charge < -0.3 is 5.11 Å². The molecule has 0 radical (unpaired) electrons. The first-order valence-corrected chi connectivity index (χ1v) is 7.77. The van der Waals surface area contributed by atoms with Gasteiger partial charge in [0.1, 0.15) is 10.7 Å². The van der Waals surface area contributed by atoms with Crippen LogP contribution in [-0.4, -0.2) is 25.5 Å². The molecule has 0 bridgehead atoms. The van der Waals surface area contributed by atoms with Gasteiger partial charge in [0.15, 0.2) is 0 Å². The van der Waals surface area contributed by atoms with E-state index in [9.17, 15) is 17.6 Å². The zero-order valence-electron chi connectivity index (χ0n) is 10.8. The zero-order valence-corrected chi connectivity index (χ0v) is 12.3. The minimum Gasteiger partial charge on any atom is -0.481 e. The summed E-state index contributed by atoms with van der Waals surface area (Å²) in [6.07, 6.45) is 0.643. The highest BCUT2D eigenvalue weighted by molar-refractivity contribution is 7.89. The summed E-state index contributed by atoms with van der Waals surface area (Å²) in [5.41, 5.74) is 0. The number of nitrogens with one attached hydrogen (secondary N) is 1. The number of carboxylic acid groups (broad SMARTS) is 1. The summed E-state index contributed by atoms with van der Waals surface area (Å²) in [5, 5.41) is 8.61. The van der Waals surface area contributed by atoms with Crippen LogP contribution in [0, 0.1) is 5.82 Å². The van der Waals surface area contributed by atoms with Gasteiger partial charge in [-0.3, -0.25) is 4.79 Å². The second-order valence-electron chi connectivity index (χ2n) is 4.38. The van der Waals surface area contributed by atoms with Gasteiger partial charge in [-0.25, -0.2) is 17.5 Å². The SMILES string of the molecule is CC(CCCC(=O)O)NS(=O)(=O)c1ccc(Cl)cc1F. The third-order valence-corrected chi connectivity index (χ3v) is 4.43. The number of halogens is 2. The van der Waals surface area contributed by atoms with E-state index in [0.29, 0.717) is 12.8 Å². The van der Waals surface area contributed by atoms with E-state index in [0.717, 1.165) is 12.1 Å². The molecule has 0 aliphatic rings. The molecule has 0 heterocycles. The van der Waals surface area contributed by atoms with E-state index in [2.05, 4.69) is 4.72 Å². The lowest BCUT2D eigenvalue weighted by Gasteiger charge is -2.14. The molecule has 1 rings (SSSR count). The molecule has 0 saturated carbocycles. The Hall–Kier alpha value is -1.18. The number of benzene rings is 1. The lowest BCUT2D eigenvalue weighted by Crippen LogP contribution is -2.33. The molecule has 0 aliphatic carbocycles. The van der Waals surface area contributed by atoms with Crippen LogP contribution < -0.4 is 4.72 Å². The van der Waals surface area contributed by atoms with Gasteiger partial charge in [-0.15, -0.1) is 0 Å². The van der Waals surface area contributed by atoms with Crippen LogP contribution in [-0.2, 0) is 14.8 Å². The van der Waals surface area contributed by atoms with Crippen molar-refractivity contribution in [1.82, 2.24) is 4.72 Å². The van der Waals surface area contributed by atoms with E-state index in [-0.39, 0.29) is 11.4 Å². The summed E-state index contributed by atoms with van der Waals surface area (Å²) >= 11 is 5.56. The fourth-order valence-electron chi connectivity index (χ4n) is 1.64. The molecule has 20 heavy (non-hydrogen) atoms. The van der Waals surface area contributed by atoms with Gasteiger partial charge in [0.05, 0.1) is 0 Å². The van der Waals surface area contributed by atoms with Gasteiger partial charge >= 0.3 is 5.97 Å². The predicted octanol–water partition coefficient (Wildman–Crippen LogP) is 2.40. The molecule has 8 heteroatoms. The maximum absolute atomic E-state index is 13.6. The molecule has 0 spiro atoms. The summed E-state index contributed by atoms with van der Waals surface area (Å²) in [4.78, 5) is 9.88. The van der Waals surface area contributed by atoms with E-state index in [1.807, 2.05) is 0 Å². The van der Waals surface area contributed by atoms with Gasteiger partial charge in [0.25, 0.3) is 0 Å². The molecule has 1 aromatic rings. The van der Waals surface area contributed by atoms with Crippen molar-refractivity contribution in [2.45, 2.75) is 37.1 Å². The second kappa shape index (κ2) is 7.01. The fourth-order valence-corrected chi connectivity index (χ4v) is 3.14. The van der Waals surface area contributed by atoms with Gasteiger partial charge in [0.2, 0.25) is 10.0 Å². The first kappa shape index (κ1) is 16.9. The third kappa shape index (κ3) is 5.07. The fraction of sp³-hybridized carbons (Fsp3) is 0.417. The van der Waals surface area contributed by atoms with E-state index in [1.54, 1.807) is 6.92 Å². The monoisotopic (exact) mass is 323 g/mol. The Morgan fingerprint density at radius 3 is 2.70 bits per heavy atom. The highest BCUT2D eigenvalue weighted by Crippen LogP contribution is 2.19. The Kier molecular flexibility index (Phi) is 5.91. The van der Waals surface area contributed by atoms with Gasteiger partial charge in [-0.2, -0.15) is 0 Å². The molecule has 0 saturated heterocycles. The van der Waals surface area contributed by atoms with Crippen molar-refractivity contribution in [3.63, 3.8) is 0 Å². The molecule has 0 fully saturated rings. The normalized spacial score (nSPS) is 13.2. The number of hydrogen-bond acceptors (Lipinski definition) is 3. The molecular weight excluding hydrogens is 309 g/mol. The third-order valence-electron chi connectivity index (χ3n) is 2.57. The largest absolute Gasteiger partial charge is 0.481 e. The number of carboxylic acids is 1. The van der Waals surface area contributed by atoms with Gasteiger partial charge in [0, 0.05) is 17.5 Å². The number of sulfonamides is 1. The summed E-state index contributed by atoms with van der Waals surface area (Å²) < 4.78 is 39.8. The molecule has 0 aromatic heterocycles. The van der Waals surface area contributed by atoms with Crippen molar-refractivity contribution in [3.8, 4) is 0 Å². The zero-order chi connectivity index (χ0) is 15.3. The highest BCUT2D eigenvalue weighted by atomic mass is 35.5. The Morgan fingerprint density at radius 1 is 1.50 bits per heavy atom. The molecule has 5 nitrogen and oxygen atoms in total. The number of rotatable bonds is 7. The van der Waals surface area contributed by atoms with Crippen LogP contribution in [0.4, 0.5) is 4.39 Å². The van der Waals surface area contributed by atoms with E-state index in [4.69, 9.17) is 16.7 Å². The summed E-state index contributed by atoms with van der Waals surface area (Å²) in [5.74, 6) is -1.87. The van der Waals surface area contributed by atoms with E-state index < -0.39 is 32.7 Å². The minimum absolute atomic E-state index is 0.0403. The van der Waals surface area contributed by atoms with Crippen molar-refractivity contribution in [1.29, 1.82) is 0 Å². The average Bonchev–Trinajstić information content (AvgIpc) is 2.26. The van der Waals surface area contributed by atoms with Crippen LogP contribution >= 0.6 is 11.6 Å². The molecule has 1 unspecified atom stereocenters. The van der Waals surface area contributed by atoms with Crippen LogP contribution in [0.3, 0.4) is 0 Å². The Morgan fingerprint density at radius 2 is 2.15 bits per heavy atom. The summed E-state index contributed by atoms with van der Waals surface area (Å²) in [6.45, 7) is 1.59. The second-order valence-corrected chi connectivity index (χ2v) is 6.50. The Bertz CT molecular complexity index is 591. The topological polar surface area (TPSA) is 83.5 Å². The number of hydrogen-bond donors (Lipinski definition) is 2. The molecule has 112 valence electrons. The van der Waals surface area contributed by atoms with E-state index in [1.165, 1.54) is 6.07 Å². The van der Waals surface area contributed by atoms with E-state index >= 15 is 0 Å². The molecule has 1 aromatic carbocycles. The molecule has 2 N–H and O–H groups in total. The standard InChI is InChI=1S/C12H15ClFNO4S/c1-8(3-2-4-12(16)17)15-20(18,19)11-6-5-9(13)7-10(11)14/h5-8,15H,2-4H2,1H3,(H,16,17). The number of carbonyl (C=O) groups is 1. The lowest BCUT2D eigenvalue weighted by molar-refractivity contribution is -0.137. The summed E-state index contributed by atoms with van der Waals surface area (Å²) in [6, 6.07) is 2.80. The smallest absolute Gasteiger partial charge is 0.303 e. The van der Waals surface area contributed by atoms with Crippen LogP contribution in [0.25, 0.3) is 0 Å². The maximum Gasteiger partial charge on any atom is 0.303 e. The molecule has 1 atom stereocenters. The quantitative estimate of drug-likeness (QED) is 0.807. The Balaban J connectivity index is 2.72. The van der Waals surface area contributed by atoms with Crippen molar-refractivity contribution >= 4 is 27.6 Å².